The molecule has 6 nitrogen and oxygen atoms in total. The minimum atomic E-state index is -1.26. The van der Waals surface area contributed by atoms with Crippen LogP contribution in [0.15, 0.2) is 36.4 Å². The van der Waals surface area contributed by atoms with E-state index in [-0.39, 0.29) is 11.2 Å². The van der Waals surface area contributed by atoms with Crippen LogP contribution in [0.2, 0.25) is 5.02 Å². The van der Waals surface area contributed by atoms with Gasteiger partial charge in [-0.25, -0.2) is 9.59 Å². The second kappa shape index (κ2) is 9.85. The monoisotopic (exact) mass is 355 g/mol. The van der Waals surface area contributed by atoms with E-state index in [1.807, 2.05) is 32.8 Å². The van der Waals surface area contributed by atoms with Gasteiger partial charge in [0.25, 0.3) is 0 Å². The van der Waals surface area contributed by atoms with Gasteiger partial charge in [0.05, 0.1) is 0 Å². The Balaban J connectivity index is 0.000000561. The Morgan fingerprint density at radius 2 is 1.46 bits per heavy atom. The first-order chi connectivity index (χ1) is 11.0. The van der Waals surface area contributed by atoms with Gasteiger partial charge in [0.1, 0.15) is 0 Å². The molecule has 0 aliphatic heterocycles. The largest absolute Gasteiger partial charge is 0.478 e. The normalized spacial score (nSPS) is 11.1. The summed E-state index contributed by atoms with van der Waals surface area (Å²) < 4.78 is 0. The van der Waals surface area contributed by atoms with E-state index >= 15 is 0 Å². The molecule has 24 heavy (non-hydrogen) atoms. The van der Waals surface area contributed by atoms with Crippen LogP contribution in [0.5, 0.6) is 0 Å². The van der Waals surface area contributed by atoms with Crippen molar-refractivity contribution in [3.8, 4) is 0 Å². The molecule has 1 aromatic carbocycles. The third kappa shape index (κ3) is 9.07. The summed E-state index contributed by atoms with van der Waals surface area (Å²) in [4.78, 5) is 33.4. The highest BCUT2D eigenvalue weighted by atomic mass is 35.5. The Kier molecular flexibility index (Phi) is 8.95. The van der Waals surface area contributed by atoms with Crippen LogP contribution in [0, 0.1) is 5.41 Å². The second-order valence-corrected chi connectivity index (χ2v) is 6.40. The van der Waals surface area contributed by atoms with Gasteiger partial charge in [-0.2, -0.15) is 0 Å². The van der Waals surface area contributed by atoms with Gasteiger partial charge in [-0.1, -0.05) is 25.4 Å². The number of carbonyl (C=O) groups is 3. The summed E-state index contributed by atoms with van der Waals surface area (Å²) in [7, 11) is 3.94. The third-order valence-electron chi connectivity index (χ3n) is 2.80. The number of nitrogens with zero attached hydrogens (tertiary/aromatic N) is 1. The topological polar surface area (TPSA) is 94.9 Å². The molecule has 2 N–H and O–H groups in total. The Labute approximate surface area is 146 Å². The number of Topliss-reactive ketones (excluding diaryl/α,β-unsaturated/α-hetero) is 1. The van der Waals surface area contributed by atoms with Gasteiger partial charge in [0, 0.05) is 34.7 Å². The fraction of sp³-hybridized carbons (Fsp3) is 0.353. The van der Waals surface area contributed by atoms with Gasteiger partial charge in [0.15, 0.2) is 5.78 Å². The minimum Gasteiger partial charge on any atom is -0.478 e. The molecule has 0 unspecified atom stereocenters. The zero-order valence-corrected chi connectivity index (χ0v) is 14.9. The fourth-order valence-corrected chi connectivity index (χ4v) is 2.12. The Hall–Kier alpha value is -2.18. The fourth-order valence-electron chi connectivity index (χ4n) is 2.00. The van der Waals surface area contributed by atoms with Crippen LogP contribution < -0.4 is 0 Å². The van der Waals surface area contributed by atoms with Crippen LogP contribution in [-0.4, -0.2) is 53.5 Å². The molecule has 1 rings (SSSR count). The highest BCUT2D eigenvalue weighted by molar-refractivity contribution is 6.30. The van der Waals surface area contributed by atoms with Gasteiger partial charge in [0.2, 0.25) is 0 Å². The van der Waals surface area contributed by atoms with Crippen molar-refractivity contribution in [2.45, 2.75) is 13.8 Å². The molecule has 7 heteroatoms. The highest BCUT2D eigenvalue weighted by Gasteiger charge is 2.28. The van der Waals surface area contributed by atoms with E-state index in [4.69, 9.17) is 21.8 Å². The van der Waals surface area contributed by atoms with Gasteiger partial charge in [-0.3, -0.25) is 4.79 Å². The molecule has 0 aliphatic rings. The molecule has 0 radical (unpaired) electrons. The first-order valence-corrected chi connectivity index (χ1v) is 7.42. The maximum absolute atomic E-state index is 12.2. The first kappa shape index (κ1) is 21.8. The van der Waals surface area contributed by atoms with Crippen molar-refractivity contribution in [2.24, 2.45) is 5.41 Å². The number of ketones is 1. The smallest absolute Gasteiger partial charge is 0.328 e. The Morgan fingerprint density at radius 3 is 1.79 bits per heavy atom. The van der Waals surface area contributed by atoms with Gasteiger partial charge in [-0.05, 0) is 38.4 Å². The van der Waals surface area contributed by atoms with Crippen LogP contribution in [0.25, 0.3) is 0 Å². The van der Waals surface area contributed by atoms with Gasteiger partial charge in [-0.15, -0.1) is 0 Å². The van der Waals surface area contributed by atoms with E-state index in [1.165, 1.54) is 0 Å². The number of carboxylic acids is 2. The lowest BCUT2D eigenvalue weighted by Crippen LogP contribution is -2.35. The lowest BCUT2D eigenvalue weighted by Gasteiger charge is -2.26. The summed E-state index contributed by atoms with van der Waals surface area (Å²) >= 11 is 5.80. The average molecular weight is 356 g/mol. The lowest BCUT2D eigenvalue weighted by atomic mass is 9.84. The summed E-state index contributed by atoms with van der Waals surface area (Å²) in [5.41, 5.74) is 0.341. The van der Waals surface area contributed by atoms with Crippen LogP contribution in [0.3, 0.4) is 0 Å². The summed E-state index contributed by atoms with van der Waals surface area (Å²) in [5.74, 6) is -2.36. The molecule has 0 aromatic heterocycles. The maximum Gasteiger partial charge on any atom is 0.328 e. The number of halogens is 1. The standard InChI is InChI=1S/C13H18ClNO.C4H4O4/c1-13(2,9-15(3)4)12(16)10-5-7-11(14)8-6-10;5-3(6)1-2-4(7)8/h5-8H,9H2,1-4H3;1-2H,(H,5,6)(H,7,8)/b;2-1+. The summed E-state index contributed by atoms with van der Waals surface area (Å²) in [6, 6.07) is 7.06. The number of carbonyl (C=O) groups excluding carboxylic acids is 1. The van der Waals surface area contributed by atoms with Crippen LogP contribution in [0.4, 0.5) is 0 Å². The van der Waals surface area contributed by atoms with Gasteiger partial charge >= 0.3 is 11.9 Å². The minimum absolute atomic E-state index is 0.151. The number of hydrogen-bond acceptors (Lipinski definition) is 4. The van der Waals surface area contributed by atoms with Crippen molar-refractivity contribution in [3.63, 3.8) is 0 Å². The molecule has 0 atom stereocenters. The van der Waals surface area contributed by atoms with E-state index in [9.17, 15) is 14.4 Å². The zero-order chi connectivity index (χ0) is 18.9. The van der Waals surface area contributed by atoms with E-state index in [1.54, 1.807) is 24.3 Å². The van der Waals surface area contributed by atoms with Crippen LogP contribution in [0.1, 0.15) is 24.2 Å². The molecule has 1 aromatic rings. The van der Waals surface area contributed by atoms with E-state index < -0.39 is 11.9 Å². The molecule has 0 saturated heterocycles. The molecule has 0 fully saturated rings. The molecule has 0 saturated carbocycles. The molecule has 132 valence electrons. The predicted molar refractivity (Wildman–Crippen MR) is 92.5 cm³/mol. The molecule has 0 bridgehead atoms. The molecule has 0 heterocycles. The number of rotatable bonds is 6. The number of hydrogen-bond donors (Lipinski definition) is 2. The number of carboxylic acid groups (broad SMARTS) is 2. The second-order valence-electron chi connectivity index (χ2n) is 5.97. The van der Waals surface area contributed by atoms with E-state index in [0.29, 0.717) is 17.2 Å². The first-order valence-electron chi connectivity index (χ1n) is 7.04. The average Bonchev–Trinajstić information content (AvgIpc) is 2.44. The Bertz CT molecular complexity index is 590. The molecular weight excluding hydrogens is 334 g/mol. The predicted octanol–water partition coefficient (Wildman–Crippen LogP) is 2.82. The number of benzene rings is 1. The van der Waals surface area contributed by atoms with Crippen molar-refractivity contribution in [1.29, 1.82) is 0 Å². The van der Waals surface area contributed by atoms with Crippen LogP contribution >= 0.6 is 11.6 Å². The van der Waals surface area contributed by atoms with E-state index in [2.05, 4.69) is 0 Å². The summed E-state index contributed by atoms with van der Waals surface area (Å²) in [6.45, 7) is 4.66. The van der Waals surface area contributed by atoms with E-state index in [0.717, 1.165) is 12.1 Å². The molecular formula is C17H22ClNO5. The van der Waals surface area contributed by atoms with Crippen molar-refractivity contribution in [3.05, 3.63) is 47.0 Å². The third-order valence-corrected chi connectivity index (χ3v) is 3.05. The van der Waals surface area contributed by atoms with Crippen molar-refractivity contribution >= 4 is 29.3 Å². The molecule has 0 amide bonds. The quantitative estimate of drug-likeness (QED) is 0.602. The Morgan fingerprint density at radius 1 is 1.04 bits per heavy atom. The van der Waals surface area contributed by atoms with Crippen molar-refractivity contribution in [2.75, 3.05) is 20.6 Å². The van der Waals surface area contributed by atoms with Gasteiger partial charge < -0.3 is 15.1 Å². The van der Waals surface area contributed by atoms with Crippen LogP contribution in [-0.2, 0) is 9.59 Å². The maximum atomic E-state index is 12.2. The zero-order valence-electron chi connectivity index (χ0n) is 14.1. The number of aliphatic carboxylic acids is 2. The summed E-state index contributed by atoms with van der Waals surface area (Å²) in [6.07, 6.45) is 1.12. The SMILES string of the molecule is CN(C)CC(C)(C)C(=O)c1ccc(Cl)cc1.O=C(O)/C=C/C(=O)O. The van der Waals surface area contributed by atoms with Crippen molar-refractivity contribution < 1.29 is 24.6 Å². The molecule has 0 aliphatic carbocycles. The summed E-state index contributed by atoms with van der Waals surface area (Å²) in [5, 5.41) is 16.3. The highest BCUT2D eigenvalue weighted by Crippen LogP contribution is 2.23. The molecule has 0 spiro atoms. The lowest BCUT2D eigenvalue weighted by molar-refractivity contribution is -0.134. The van der Waals surface area contributed by atoms with Crippen molar-refractivity contribution in [1.82, 2.24) is 4.90 Å².